The second kappa shape index (κ2) is 5.09. The van der Waals surface area contributed by atoms with Gasteiger partial charge in [-0.1, -0.05) is 0 Å². The standard InChI is InChI=1S/C11H18N2O2/c1-11(2,14)8-15-6-4-9-3-5-13-10(12)7-9/h3,5,7,14H,4,6,8H2,1-2H3,(H2,12,13). The van der Waals surface area contributed by atoms with Crippen LogP contribution in [0.4, 0.5) is 5.82 Å². The number of anilines is 1. The Kier molecular flexibility index (Phi) is 4.05. The van der Waals surface area contributed by atoms with Gasteiger partial charge in [-0.15, -0.1) is 0 Å². The lowest BCUT2D eigenvalue weighted by atomic mass is 10.1. The van der Waals surface area contributed by atoms with Crippen molar-refractivity contribution in [2.45, 2.75) is 25.9 Å². The van der Waals surface area contributed by atoms with E-state index in [4.69, 9.17) is 10.5 Å². The molecule has 0 unspecified atom stereocenters. The van der Waals surface area contributed by atoms with Gasteiger partial charge in [-0.2, -0.15) is 0 Å². The van der Waals surface area contributed by atoms with Gasteiger partial charge in [-0.25, -0.2) is 4.98 Å². The van der Waals surface area contributed by atoms with Crippen molar-refractivity contribution in [2.24, 2.45) is 0 Å². The summed E-state index contributed by atoms with van der Waals surface area (Å²) in [6.07, 6.45) is 2.46. The lowest BCUT2D eigenvalue weighted by molar-refractivity contribution is -0.0198. The summed E-state index contributed by atoms with van der Waals surface area (Å²) in [6.45, 7) is 4.36. The van der Waals surface area contributed by atoms with E-state index in [0.717, 1.165) is 12.0 Å². The van der Waals surface area contributed by atoms with Gasteiger partial charge in [0.1, 0.15) is 5.82 Å². The largest absolute Gasteiger partial charge is 0.388 e. The summed E-state index contributed by atoms with van der Waals surface area (Å²) >= 11 is 0. The topological polar surface area (TPSA) is 68.4 Å². The third-order valence-corrected chi connectivity index (χ3v) is 1.84. The molecule has 0 radical (unpaired) electrons. The molecule has 0 amide bonds. The molecule has 1 rings (SSSR count). The molecule has 0 saturated heterocycles. The van der Waals surface area contributed by atoms with E-state index < -0.39 is 5.60 Å². The van der Waals surface area contributed by atoms with Crippen LogP contribution < -0.4 is 5.73 Å². The highest BCUT2D eigenvalue weighted by atomic mass is 16.5. The van der Waals surface area contributed by atoms with Gasteiger partial charge in [-0.3, -0.25) is 0 Å². The molecule has 15 heavy (non-hydrogen) atoms. The fourth-order valence-corrected chi connectivity index (χ4v) is 1.16. The highest BCUT2D eigenvalue weighted by Crippen LogP contribution is 2.05. The molecular weight excluding hydrogens is 192 g/mol. The number of aliphatic hydroxyl groups is 1. The quantitative estimate of drug-likeness (QED) is 0.711. The molecule has 4 heteroatoms. The zero-order chi connectivity index (χ0) is 11.3. The highest BCUT2D eigenvalue weighted by Gasteiger charge is 2.11. The summed E-state index contributed by atoms with van der Waals surface area (Å²) in [5, 5.41) is 9.40. The Morgan fingerprint density at radius 2 is 2.27 bits per heavy atom. The molecule has 0 bridgehead atoms. The van der Waals surface area contributed by atoms with Crippen LogP contribution in [-0.2, 0) is 11.2 Å². The molecule has 0 spiro atoms. The van der Waals surface area contributed by atoms with Gasteiger partial charge < -0.3 is 15.6 Å². The third kappa shape index (κ3) is 5.34. The van der Waals surface area contributed by atoms with E-state index in [9.17, 15) is 5.11 Å². The summed E-state index contributed by atoms with van der Waals surface area (Å²) in [7, 11) is 0. The van der Waals surface area contributed by atoms with Crippen LogP contribution >= 0.6 is 0 Å². The normalized spacial score (nSPS) is 11.7. The first-order chi connectivity index (χ1) is 6.97. The summed E-state index contributed by atoms with van der Waals surface area (Å²) < 4.78 is 5.33. The number of hydrogen-bond acceptors (Lipinski definition) is 4. The fourth-order valence-electron chi connectivity index (χ4n) is 1.16. The van der Waals surface area contributed by atoms with Crippen molar-refractivity contribution in [3.05, 3.63) is 23.9 Å². The number of rotatable bonds is 5. The van der Waals surface area contributed by atoms with Crippen LogP contribution in [0.1, 0.15) is 19.4 Å². The van der Waals surface area contributed by atoms with Gasteiger partial charge in [0.25, 0.3) is 0 Å². The summed E-state index contributed by atoms with van der Waals surface area (Å²) in [6, 6.07) is 3.73. The first-order valence-electron chi connectivity index (χ1n) is 4.98. The lowest BCUT2D eigenvalue weighted by Gasteiger charge is -2.16. The van der Waals surface area contributed by atoms with Crippen molar-refractivity contribution in [2.75, 3.05) is 18.9 Å². The van der Waals surface area contributed by atoms with E-state index in [1.165, 1.54) is 0 Å². The number of hydrogen-bond donors (Lipinski definition) is 2. The molecule has 0 aliphatic rings. The van der Waals surface area contributed by atoms with Crippen molar-refractivity contribution in [3.63, 3.8) is 0 Å². The zero-order valence-electron chi connectivity index (χ0n) is 9.23. The average molecular weight is 210 g/mol. The highest BCUT2D eigenvalue weighted by molar-refractivity contribution is 5.31. The van der Waals surface area contributed by atoms with Crippen molar-refractivity contribution < 1.29 is 9.84 Å². The SMILES string of the molecule is CC(C)(O)COCCc1ccnc(N)c1. The molecule has 1 aromatic rings. The van der Waals surface area contributed by atoms with Crippen LogP contribution in [0.15, 0.2) is 18.3 Å². The van der Waals surface area contributed by atoms with Gasteiger partial charge in [-0.05, 0) is 38.0 Å². The van der Waals surface area contributed by atoms with Crippen molar-refractivity contribution in [1.82, 2.24) is 4.98 Å². The van der Waals surface area contributed by atoms with Crippen molar-refractivity contribution in [1.29, 1.82) is 0 Å². The van der Waals surface area contributed by atoms with E-state index in [2.05, 4.69) is 4.98 Å². The molecule has 4 nitrogen and oxygen atoms in total. The summed E-state index contributed by atoms with van der Waals surface area (Å²) in [5.74, 6) is 0.523. The number of aromatic nitrogens is 1. The fraction of sp³-hybridized carbons (Fsp3) is 0.545. The predicted octanol–water partition coefficient (Wildman–Crippen LogP) is 0.994. The summed E-state index contributed by atoms with van der Waals surface area (Å²) in [4.78, 5) is 3.90. The van der Waals surface area contributed by atoms with Crippen molar-refractivity contribution >= 4 is 5.82 Å². The van der Waals surface area contributed by atoms with Crippen LogP contribution in [0.25, 0.3) is 0 Å². The maximum Gasteiger partial charge on any atom is 0.123 e. The monoisotopic (exact) mass is 210 g/mol. The van der Waals surface area contributed by atoms with Gasteiger partial charge >= 0.3 is 0 Å². The van der Waals surface area contributed by atoms with E-state index >= 15 is 0 Å². The predicted molar refractivity (Wildman–Crippen MR) is 59.5 cm³/mol. The Balaban J connectivity index is 2.26. The molecule has 0 aliphatic heterocycles. The molecule has 0 aromatic carbocycles. The van der Waals surface area contributed by atoms with Gasteiger partial charge in [0.15, 0.2) is 0 Å². The minimum absolute atomic E-state index is 0.341. The Morgan fingerprint density at radius 1 is 1.53 bits per heavy atom. The van der Waals surface area contributed by atoms with Crippen LogP contribution in [0.5, 0.6) is 0 Å². The minimum atomic E-state index is -0.767. The molecule has 0 atom stereocenters. The van der Waals surface area contributed by atoms with Gasteiger partial charge in [0, 0.05) is 6.20 Å². The number of ether oxygens (including phenoxy) is 1. The second-order valence-electron chi connectivity index (χ2n) is 4.20. The smallest absolute Gasteiger partial charge is 0.123 e. The molecule has 84 valence electrons. The maximum atomic E-state index is 9.40. The van der Waals surface area contributed by atoms with Crippen LogP contribution in [0.2, 0.25) is 0 Å². The summed E-state index contributed by atoms with van der Waals surface area (Å²) in [5.41, 5.74) is 5.87. The van der Waals surface area contributed by atoms with Gasteiger partial charge in [0.05, 0.1) is 18.8 Å². The Hall–Kier alpha value is -1.13. The second-order valence-corrected chi connectivity index (χ2v) is 4.20. The van der Waals surface area contributed by atoms with E-state index in [1.54, 1.807) is 20.0 Å². The first kappa shape index (κ1) is 11.9. The third-order valence-electron chi connectivity index (χ3n) is 1.84. The Morgan fingerprint density at radius 3 is 2.87 bits per heavy atom. The first-order valence-corrected chi connectivity index (χ1v) is 4.98. The number of nitrogens with zero attached hydrogens (tertiary/aromatic N) is 1. The molecule has 0 fully saturated rings. The molecule has 0 saturated carbocycles. The number of pyridine rings is 1. The molecule has 1 heterocycles. The lowest BCUT2D eigenvalue weighted by Crippen LogP contribution is -2.26. The van der Waals surface area contributed by atoms with E-state index in [0.29, 0.717) is 19.0 Å². The average Bonchev–Trinajstić information content (AvgIpc) is 2.11. The molecular formula is C11H18N2O2. The molecule has 3 N–H and O–H groups in total. The number of nitrogen functional groups attached to an aromatic ring is 1. The van der Waals surface area contributed by atoms with Gasteiger partial charge in [0.2, 0.25) is 0 Å². The zero-order valence-corrected chi connectivity index (χ0v) is 9.23. The Labute approximate surface area is 90.1 Å². The maximum absolute atomic E-state index is 9.40. The number of nitrogens with two attached hydrogens (primary N) is 1. The van der Waals surface area contributed by atoms with Crippen LogP contribution in [0.3, 0.4) is 0 Å². The molecule has 1 aromatic heterocycles. The van der Waals surface area contributed by atoms with Crippen LogP contribution in [0, 0.1) is 0 Å². The molecule has 0 aliphatic carbocycles. The Bertz CT molecular complexity index is 308. The van der Waals surface area contributed by atoms with E-state index in [1.807, 2.05) is 12.1 Å². The minimum Gasteiger partial charge on any atom is -0.388 e. The van der Waals surface area contributed by atoms with Crippen LogP contribution in [-0.4, -0.2) is 28.9 Å². The van der Waals surface area contributed by atoms with Crippen molar-refractivity contribution in [3.8, 4) is 0 Å². The van der Waals surface area contributed by atoms with E-state index in [-0.39, 0.29) is 0 Å².